The van der Waals surface area contributed by atoms with Crippen molar-refractivity contribution < 1.29 is 19.5 Å². The van der Waals surface area contributed by atoms with Crippen LogP contribution in [-0.4, -0.2) is 47.1 Å². The van der Waals surface area contributed by atoms with E-state index in [-0.39, 0.29) is 42.0 Å². The summed E-state index contributed by atoms with van der Waals surface area (Å²) in [5.41, 5.74) is 1.06. The van der Waals surface area contributed by atoms with Crippen molar-refractivity contribution in [3.8, 4) is 0 Å². The summed E-state index contributed by atoms with van der Waals surface area (Å²) >= 11 is 0. The predicted octanol–water partition coefficient (Wildman–Crippen LogP) is 4.76. The number of benzene rings is 1. The maximum absolute atomic E-state index is 13.3. The van der Waals surface area contributed by atoms with Crippen LogP contribution in [0.1, 0.15) is 99.0 Å². The fraction of sp³-hybridized carbons (Fsp3) is 0.710. The number of rotatable bonds is 18. The molecule has 0 radical (unpaired) electrons. The van der Waals surface area contributed by atoms with Crippen molar-refractivity contribution in [2.45, 2.75) is 124 Å². The van der Waals surface area contributed by atoms with Crippen molar-refractivity contribution in [2.24, 2.45) is 17.8 Å². The molecular weight excluding hydrogens is 478 g/mol. The third-order valence-electron chi connectivity index (χ3n) is 6.87. The van der Waals surface area contributed by atoms with Gasteiger partial charge in [-0.2, -0.15) is 0 Å². The minimum Gasteiger partial charge on any atom is -0.391 e. The zero-order valence-electron chi connectivity index (χ0n) is 24.8. The van der Waals surface area contributed by atoms with E-state index in [1.54, 1.807) is 0 Å². The van der Waals surface area contributed by atoms with Gasteiger partial charge in [-0.1, -0.05) is 104 Å². The van der Waals surface area contributed by atoms with Crippen LogP contribution >= 0.6 is 0 Å². The molecule has 0 bridgehead atoms. The van der Waals surface area contributed by atoms with Gasteiger partial charge in [0.05, 0.1) is 12.1 Å². The minimum absolute atomic E-state index is 0.148. The lowest BCUT2D eigenvalue weighted by atomic mass is 9.94. The monoisotopic (exact) mass is 531 g/mol. The van der Waals surface area contributed by atoms with Crippen LogP contribution in [-0.2, 0) is 20.8 Å². The molecule has 216 valence electrons. The Labute approximate surface area is 230 Å². The van der Waals surface area contributed by atoms with Crippen LogP contribution in [0.15, 0.2) is 30.3 Å². The van der Waals surface area contributed by atoms with Crippen molar-refractivity contribution in [3.05, 3.63) is 35.9 Å². The molecule has 0 fully saturated rings. The van der Waals surface area contributed by atoms with Crippen LogP contribution in [0.4, 0.5) is 0 Å². The van der Waals surface area contributed by atoms with Gasteiger partial charge in [0.2, 0.25) is 17.7 Å². The highest BCUT2D eigenvalue weighted by Gasteiger charge is 2.32. The number of carbonyl (C=O) groups excluding carboxylic acids is 3. The van der Waals surface area contributed by atoms with E-state index >= 15 is 0 Å². The molecule has 38 heavy (non-hydrogen) atoms. The summed E-state index contributed by atoms with van der Waals surface area (Å²) in [6, 6.07) is 7.86. The van der Waals surface area contributed by atoms with Crippen LogP contribution < -0.4 is 16.0 Å². The van der Waals surface area contributed by atoms with Crippen molar-refractivity contribution >= 4 is 17.7 Å². The number of aryl methyl sites for hydroxylation is 1. The Morgan fingerprint density at radius 3 is 1.92 bits per heavy atom. The molecule has 0 aliphatic carbocycles. The van der Waals surface area contributed by atoms with Gasteiger partial charge in [-0.15, -0.1) is 0 Å². The first-order chi connectivity index (χ1) is 18.0. The van der Waals surface area contributed by atoms with Gasteiger partial charge >= 0.3 is 0 Å². The zero-order chi connectivity index (χ0) is 28.7. The molecule has 1 aromatic rings. The van der Waals surface area contributed by atoms with E-state index in [0.29, 0.717) is 25.2 Å². The highest BCUT2D eigenvalue weighted by Crippen LogP contribution is 2.16. The number of hydrogen-bond donors (Lipinski definition) is 4. The Morgan fingerprint density at radius 1 is 0.789 bits per heavy atom. The zero-order valence-corrected chi connectivity index (χ0v) is 24.8. The van der Waals surface area contributed by atoms with Crippen LogP contribution in [0.5, 0.6) is 0 Å². The Morgan fingerprint density at radius 2 is 1.37 bits per heavy atom. The van der Waals surface area contributed by atoms with E-state index in [2.05, 4.69) is 36.7 Å². The van der Waals surface area contributed by atoms with Gasteiger partial charge < -0.3 is 21.1 Å². The van der Waals surface area contributed by atoms with Crippen molar-refractivity contribution in [3.63, 3.8) is 0 Å². The summed E-state index contributed by atoms with van der Waals surface area (Å²) in [6.45, 7) is 13.8. The van der Waals surface area contributed by atoms with Crippen LogP contribution in [0.2, 0.25) is 0 Å². The topological polar surface area (TPSA) is 108 Å². The smallest absolute Gasteiger partial charge is 0.243 e. The van der Waals surface area contributed by atoms with Crippen LogP contribution in [0.25, 0.3) is 0 Å². The van der Waals surface area contributed by atoms with E-state index in [1.165, 1.54) is 0 Å². The second kappa shape index (κ2) is 18.0. The molecule has 3 amide bonds. The second-order valence-corrected chi connectivity index (χ2v) is 11.7. The maximum atomic E-state index is 13.3. The van der Waals surface area contributed by atoms with Crippen LogP contribution in [0.3, 0.4) is 0 Å². The summed E-state index contributed by atoms with van der Waals surface area (Å²) in [7, 11) is 0. The van der Waals surface area contributed by atoms with Crippen LogP contribution in [0, 0.1) is 17.8 Å². The minimum atomic E-state index is -0.771. The predicted molar refractivity (Wildman–Crippen MR) is 154 cm³/mol. The lowest BCUT2D eigenvalue weighted by molar-refractivity contribution is -0.134. The van der Waals surface area contributed by atoms with Gasteiger partial charge in [0.15, 0.2) is 0 Å². The Hall–Kier alpha value is -2.41. The van der Waals surface area contributed by atoms with E-state index in [4.69, 9.17) is 0 Å². The number of aliphatic hydroxyl groups is 1. The van der Waals surface area contributed by atoms with Crippen molar-refractivity contribution in [1.29, 1.82) is 0 Å². The normalized spacial score (nSPS) is 14.7. The van der Waals surface area contributed by atoms with E-state index in [1.807, 2.05) is 58.0 Å². The van der Waals surface area contributed by atoms with E-state index in [0.717, 1.165) is 31.2 Å². The summed E-state index contributed by atoms with van der Waals surface area (Å²) in [6.07, 6.45) is 5.78. The first-order valence-electron chi connectivity index (χ1n) is 14.6. The average molecular weight is 532 g/mol. The third kappa shape index (κ3) is 12.9. The molecule has 4 N–H and O–H groups in total. The summed E-state index contributed by atoms with van der Waals surface area (Å²) in [4.78, 5) is 39.2. The SMILES string of the molecule is CCCCCCC(O)C(CC(C)C)NC(=O)[C@@H](NC(=O)[C@@H](NC(=O)CCc1ccccc1)C(C)C)C(C)C. The average Bonchev–Trinajstić information content (AvgIpc) is 2.86. The molecule has 1 aromatic carbocycles. The Bertz CT molecular complexity index is 826. The molecule has 0 aliphatic heterocycles. The standard InChI is InChI=1S/C31H53N3O4/c1-8-9-10-14-17-26(35)25(20-21(2)3)32-30(37)29(23(6)7)34-31(38)28(22(4)5)33-27(36)19-18-24-15-12-11-13-16-24/h11-13,15-16,21-23,25-26,28-29,35H,8-10,14,17-20H2,1-7H3,(H,32,37)(H,33,36)(H,34,38)/t25?,26?,28-,29-/m0/s1. The van der Waals surface area contributed by atoms with Gasteiger partial charge in [0.25, 0.3) is 0 Å². The number of unbranched alkanes of at least 4 members (excludes halogenated alkanes) is 3. The highest BCUT2D eigenvalue weighted by atomic mass is 16.3. The second-order valence-electron chi connectivity index (χ2n) is 11.7. The van der Waals surface area contributed by atoms with Gasteiger partial charge in [-0.05, 0) is 42.6 Å². The molecule has 7 nitrogen and oxygen atoms in total. The lowest BCUT2D eigenvalue weighted by Gasteiger charge is -2.31. The molecule has 4 atom stereocenters. The fourth-order valence-electron chi connectivity index (χ4n) is 4.54. The largest absolute Gasteiger partial charge is 0.391 e. The summed E-state index contributed by atoms with van der Waals surface area (Å²) in [5.74, 6) is -0.885. The molecule has 0 spiro atoms. The molecule has 0 saturated heterocycles. The molecule has 0 aliphatic rings. The number of aliphatic hydroxyl groups excluding tert-OH is 1. The molecule has 0 heterocycles. The van der Waals surface area contributed by atoms with Gasteiger partial charge in [-0.3, -0.25) is 14.4 Å². The first-order valence-corrected chi connectivity index (χ1v) is 14.6. The van der Waals surface area contributed by atoms with Crippen molar-refractivity contribution in [1.82, 2.24) is 16.0 Å². The molecule has 0 aromatic heterocycles. The molecule has 2 unspecified atom stereocenters. The van der Waals surface area contributed by atoms with E-state index in [9.17, 15) is 19.5 Å². The maximum Gasteiger partial charge on any atom is 0.243 e. The summed E-state index contributed by atoms with van der Waals surface area (Å²) < 4.78 is 0. The molecule has 0 saturated carbocycles. The number of carbonyl (C=O) groups is 3. The molecule has 1 rings (SSSR count). The van der Waals surface area contributed by atoms with Gasteiger partial charge in [0.1, 0.15) is 12.1 Å². The molecule has 7 heteroatoms. The van der Waals surface area contributed by atoms with Gasteiger partial charge in [-0.25, -0.2) is 0 Å². The first kappa shape index (κ1) is 33.6. The number of hydrogen-bond acceptors (Lipinski definition) is 4. The summed E-state index contributed by atoms with van der Waals surface area (Å²) in [5, 5.41) is 19.6. The number of nitrogens with one attached hydrogen (secondary N) is 3. The quantitative estimate of drug-likeness (QED) is 0.205. The lowest BCUT2D eigenvalue weighted by Crippen LogP contribution is -2.58. The fourth-order valence-corrected chi connectivity index (χ4v) is 4.54. The van der Waals surface area contributed by atoms with Gasteiger partial charge in [0, 0.05) is 6.42 Å². The van der Waals surface area contributed by atoms with Crippen molar-refractivity contribution in [2.75, 3.05) is 0 Å². The highest BCUT2D eigenvalue weighted by molar-refractivity contribution is 5.92. The third-order valence-corrected chi connectivity index (χ3v) is 6.87. The van der Waals surface area contributed by atoms with E-state index < -0.39 is 18.2 Å². The molecular formula is C31H53N3O4. The number of amides is 3. The Balaban J connectivity index is 2.82. The Kier molecular flexibility index (Phi) is 15.9.